The summed E-state index contributed by atoms with van der Waals surface area (Å²) in [6, 6.07) is 5.26. The molecule has 0 atom stereocenters. The van der Waals surface area contributed by atoms with E-state index in [0.717, 1.165) is 22.9 Å². The first kappa shape index (κ1) is 15.0. The summed E-state index contributed by atoms with van der Waals surface area (Å²) in [5.41, 5.74) is 0.828. The third-order valence-electron chi connectivity index (χ3n) is 3.24. The SMILES string of the molecule is CCc1cc(Br)ccc1S(=O)(=O)NC1CCOCC1. The molecule has 1 N–H and O–H groups in total. The van der Waals surface area contributed by atoms with E-state index >= 15 is 0 Å². The van der Waals surface area contributed by atoms with Gasteiger partial charge in [-0.1, -0.05) is 22.9 Å². The summed E-state index contributed by atoms with van der Waals surface area (Å²) in [6.07, 6.45) is 2.15. The molecule has 19 heavy (non-hydrogen) atoms. The fourth-order valence-corrected chi connectivity index (χ4v) is 4.19. The summed E-state index contributed by atoms with van der Waals surface area (Å²) in [4.78, 5) is 0.379. The van der Waals surface area contributed by atoms with Gasteiger partial charge >= 0.3 is 0 Å². The van der Waals surface area contributed by atoms with Gasteiger partial charge in [-0.15, -0.1) is 0 Å². The summed E-state index contributed by atoms with van der Waals surface area (Å²) in [7, 11) is -3.45. The molecule has 0 amide bonds. The second kappa shape index (κ2) is 6.35. The molecular weight excluding hydrogens is 330 g/mol. The van der Waals surface area contributed by atoms with Gasteiger partial charge in [-0.05, 0) is 43.0 Å². The van der Waals surface area contributed by atoms with Crippen LogP contribution in [0.15, 0.2) is 27.6 Å². The molecule has 0 aromatic heterocycles. The van der Waals surface area contributed by atoms with E-state index in [1.807, 2.05) is 13.0 Å². The highest BCUT2D eigenvalue weighted by atomic mass is 79.9. The second-order valence-corrected chi connectivity index (χ2v) is 7.21. The number of nitrogens with one attached hydrogen (secondary N) is 1. The van der Waals surface area contributed by atoms with Gasteiger partial charge in [0.15, 0.2) is 0 Å². The van der Waals surface area contributed by atoms with Gasteiger partial charge in [0.2, 0.25) is 10.0 Å². The monoisotopic (exact) mass is 347 g/mol. The van der Waals surface area contributed by atoms with Gasteiger partial charge in [0.05, 0.1) is 4.90 Å². The normalized spacial score (nSPS) is 17.6. The topological polar surface area (TPSA) is 55.4 Å². The van der Waals surface area contributed by atoms with Gasteiger partial charge in [-0.25, -0.2) is 13.1 Å². The van der Waals surface area contributed by atoms with Crippen molar-refractivity contribution < 1.29 is 13.2 Å². The Morgan fingerprint density at radius 1 is 1.37 bits per heavy atom. The molecule has 1 aliphatic heterocycles. The third kappa shape index (κ3) is 3.78. The van der Waals surface area contributed by atoms with Crippen molar-refractivity contribution in [3.05, 3.63) is 28.2 Å². The van der Waals surface area contributed by atoms with Crippen molar-refractivity contribution in [1.82, 2.24) is 4.72 Å². The number of benzene rings is 1. The Morgan fingerprint density at radius 3 is 2.68 bits per heavy atom. The lowest BCUT2D eigenvalue weighted by Gasteiger charge is -2.23. The maximum Gasteiger partial charge on any atom is 0.241 e. The van der Waals surface area contributed by atoms with Crippen molar-refractivity contribution in [2.75, 3.05) is 13.2 Å². The molecule has 0 saturated carbocycles. The highest BCUT2D eigenvalue weighted by Gasteiger charge is 2.23. The lowest BCUT2D eigenvalue weighted by atomic mass is 10.1. The zero-order valence-electron chi connectivity index (χ0n) is 10.9. The van der Waals surface area contributed by atoms with Crippen LogP contribution in [0.2, 0.25) is 0 Å². The molecule has 1 aromatic carbocycles. The van der Waals surface area contributed by atoms with E-state index in [0.29, 0.717) is 24.5 Å². The van der Waals surface area contributed by atoms with Crippen LogP contribution in [0, 0.1) is 0 Å². The van der Waals surface area contributed by atoms with E-state index in [2.05, 4.69) is 20.7 Å². The summed E-state index contributed by atoms with van der Waals surface area (Å²) in [5, 5.41) is 0. The summed E-state index contributed by atoms with van der Waals surface area (Å²) >= 11 is 3.37. The molecule has 1 aromatic rings. The lowest BCUT2D eigenvalue weighted by molar-refractivity contribution is 0.0832. The third-order valence-corrected chi connectivity index (χ3v) is 5.35. The standard InChI is InChI=1S/C13H18BrNO3S/c1-2-10-9-11(14)3-4-13(10)19(16,17)15-12-5-7-18-8-6-12/h3-4,9,12,15H,2,5-8H2,1H3. The average molecular weight is 348 g/mol. The van der Waals surface area contributed by atoms with E-state index in [-0.39, 0.29) is 6.04 Å². The lowest BCUT2D eigenvalue weighted by Crippen LogP contribution is -2.39. The van der Waals surface area contributed by atoms with Crippen molar-refractivity contribution >= 4 is 26.0 Å². The van der Waals surface area contributed by atoms with Crippen molar-refractivity contribution in [3.63, 3.8) is 0 Å². The van der Waals surface area contributed by atoms with Crippen LogP contribution in [0.1, 0.15) is 25.3 Å². The van der Waals surface area contributed by atoms with E-state index in [9.17, 15) is 8.42 Å². The highest BCUT2D eigenvalue weighted by Crippen LogP contribution is 2.22. The zero-order chi connectivity index (χ0) is 13.9. The molecule has 0 radical (unpaired) electrons. The van der Waals surface area contributed by atoms with Crippen molar-refractivity contribution in [2.45, 2.75) is 37.1 Å². The van der Waals surface area contributed by atoms with E-state index < -0.39 is 10.0 Å². The summed E-state index contributed by atoms with van der Waals surface area (Å²) in [6.45, 7) is 3.19. The van der Waals surface area contributed by atoms with Crippen LogP contribution >= 0.6 is 15.9 Å². The Balaban J connectivity index is 2.23. The minimum absolute atomic E-state index is 0.0212. The van der Waals surface area contributed by atoms with Gasteiger partial charge in [-0.2, -0.15) is 0 Å². The van der Waals surface area contributed by atoms with Crippen LogP contribution in [0.3, 0.4) is 0 Å². The second-order valence-electron chi connectivity index (χ2n) is 4.61. The number of halogens is 1. The van der Waals surface area contributed by atoms with Gasteiger partial charge in [0.1, 0.15) is 0 Å². The van der Waals surface area contributed by atoms with Crippen LogP contribution in [-0.4, -0.2) is 27.7 Å². The zero-order valence-corrected chi connectivity index (χ0v) is 13.3. The van der Waals surface area contributed by atoms with Gasteiger partial charge in [-0.3, -0.25) is 0 Å². The smallest absolute Gasteiger partial charge is 0.241 e. The minimum atomic E-state index is -3.45. The molecule has 2 rings (SSSR count). The first-order chi connectivity index (χ1) is 9.03. The Hall–Kier alpha value is -0.430. The number of hydrogen-bond donors (Lipinski definition) is 1. The van der Waals surface area contributed by atoms with Gasteiger partial charge in [0.25, 0.3) is 0 Å². The first-order valence-electron chi connectivity index (χ1n) is 6.41. The largest absolute Gasteiger partial charge is 0.381 e. The molecule has 0 aliphatic carbocycles. The van der Waals surface area contributed by atoms with Gasteiger partial charge < -0.3 is 4.74 Å². The molecule has 6 heteroatoms. The molecule has 4 nitrogen and oxygen atoms in total. The number of aryl methyl sites for hydroxylation is 1. The Kier molecular flexibility index (Phi) is 5.00. The molecule has 0 unspecified atom stereocenters. The number of ether oxygens (including phenoxy) is 1. The summed E-state index contributed by atoms with van der Waals surface area (Å²) < 4.78 is 33.8. The highest BCUT2D eigenvalue weighted by molar-refractivity contribution is 9.10. The van der Waals surface area contributed by atoms with E-state index in [4.69, 9.17) is 4.74 Å². The van der Waals surface area contributed by atoms with Crippen molar-refractivity contribution in [3.8, 4) is 0 Å². The maximum absolute atomic E-state index is 12.4. The predicted molar refractivity (Wildman–Crippen MR) is 77.7 cm³/mol. The number of sulfonamides is 1. The molecule has 1 heterocycles. The van der Waals surface area contributed by atoms with Crippen molar-refractivity contribution in [2.24, 2.45) is 0 Å². The molecular formula is C13H18BrNO3S. The van der Waals surface area contributed by atoms with Gasteiger partial charge in [0, 0.05) is 23.7 Å². The Labute approximate surface area is 122 Å². The molecule has 0 bridgehead atoms. The first-order valence-corrected chi connectivity index (χ1v) is 8.69. The average Bonchev–Trinajstić information content (AvgIpc) is 2.38. The van der Waals surface area contributed by atoms with Crippen LogP contribution in [-0.2, 0) is 21.2 Å². The molecule has 0 spiro atoms. The Bertz CT molecular complexity index is 539. The van der Waals surface area contributed by atoms with Crippen molar-refractivity contribution in [1.29, 1.82) is 0 Å². The maximum atomic E-state index is 12.4. The predicted octanol–water partition coefficient (Wildman–Crippen LogP) is 2.47. The molecule has 106 valence electrons. The van der Waals surface area contributed by atoms with Crippen LogP contribution in [0.25, 0.3) is 0 Å². The number of rotatable bonds is 4. The molecule has 1 fully saturated rings. The van der Waals surface area contributed by atoms with Crippen LogP contribution in [0.4, 0.5) is 0 Å². The van der Waals surface area contributed by atoms with Crippen LogP contribution in [0.5, 0.6) is 0 Å². The molecule has 1 saturated heterocycles. The van der Waals surface area contributed by atoms with Crippen LogP contribution < -0.4 is 4.72 Å². The minimum Gasteiger partial charge on any atom is -0.381 e. The Morgan fingerprint density at radius 2 is 2.05 bits per heavy atom. The number of hydrogen-bond acceptors (Lipinski definition) is 3. The quantitative estimate of drug-likeness (QED) is 0.910. The summed E-state index contributed by atoms with van der Waals surface area (Å²) in [5.74, 6) is 0. The molecule has 1 aliphatic rings. The fourth-order valence-electron chi connectivity index (χ4n) is 2.18. The van der Waals surface area contributed by atoms with E-state index in [1.54, 1.807) is 12.1 Å². The fraction of sp³-hybridized carbons (Fsp3) is 0.538. The van der Waals surface area contributed by atoms with E-state index in [1.165, 1.54) is 0 Å².